The van der Waals surface area contributed by atoms with Crippen molar-refractivity contribution in [3.63, 3.8) is 0 Å². The minimum atomic E-state index is -1.11. The lowest BCUT2D eigenvalue weighted by Gasteiger charge is -2.21. The van der Waals surface area contributed by atoms with E-state index in [9.17, 15) is 19.1 Å². The van der Waals surface area contributed by atoms with Gasteiger partial charge < -0.3 is 10.4 Å². The van der Waals surface area contributed by atoms with Crippen molar-refractivity contribution in [1.29, 1.82) is 5.26 Å². The standard InChI is InChI=1S/C22H19ClFN5O3/c23-16-5-6-19(24)18(11-16)14-3-1-13(2-4-14)9-17(10-15(7-8-25)22(31)32)27-21(30)20-12-26-29-28-20/h1-6,11-12,15,17H,7,9-10H2,(H,27,30)(H,31,32)(H,26,28,29)/t15-,17-/m1/s1. The second-order valence-electron chi connectivity index (χ2n) is 7.19. The molecule has 2 aromatic carbocycles. The molecule has 3 N–H and O–H groups in total. The Morgan fingerprint density at radius 1 is 1.25 bits per heavy atom. The Labute approximate surface area is 188 Å². The van der Waals surface area contributed by atoms with Crippen LogP contribution in [-0.4, -0.2) is 38.4 Å². The second-order valence-corrected chi connectivity index (χ2v) is 7.62. The van der Waals surface area contributed by atoms with Crippen molar-refractivity contribution in [2.75, 3.05) is 0 Å². The molecule has 0 fully saturated rings. The molecule has 0 aliphatic heterocycles. The molecule has 3 rings (SSSR count). The molecular weight excluding hydrogens is 437 g/mol. The second kappa shape index (κ2) is 10.5. The normalized spacial score (nSPS) is 12.5. The van der Waals surface area contributed by atoms with Gasteiger partial charge in [0.25, 0.3) is 5.91 Å². The lowest BCUT2D eigenvalue weighted by Crippen LogP contribution is -2.39. The topological polar surface area (TPSA) is 132 Å². The number of nitrogens with one attached hydrogen (secondary N) is 2. The molecule has 1 aromatic heterocycles. The molecule has 0 aliphatic rings. The van der Waals surface area contributed by atoms with Crippen molar-refractivity contribution in [1.82, 2.24) is 20.7 Å². The first-order chi connectivity index (χ1) is 15.4. The molecule has 0 unspecified atom stereocenters. The van der Waals surface area contributed by atoms with Gasteiger partial charge in [0.05, 0.1) is 18.2 Å². The number of carbonyl (C=O) groups is 2. The number of carbonyl (C=O) groups excluding carboxylic acids is 1. The summed E-state index contributed by atoms with van der Waals surface area (Å²) in [7, 11) is 0. The smallest absolute Gasteiger partial charge is 0.307 e. The van der Waals surface area contributed by atoms with Gasteiger partial charge in [0, 0.05) is 23.0 Å². The molecule has 10 heteroatoms. The fourth-order valence-electron chi connectivity index (χ4n) is 3.31. The van der Waals surface area contributed by atoms with Crippen LogP contribution in [0.15, 0.2) is 48.7 Å². The van der Waals surface area contributed by atoms with Gasteiger partial charge in [-0.2, -0.15) is 5.26 Å². The average molecular weight is 456 g/mol. The molecule has 0 radical (unpaired) electrons. The minimum Gasteiger partial charge on any atom is -0.481 e. The number of aliphatic carboxylic acids is 1. The van der Waals surface area contributed by atoms with Crippen LogP contribution in [0.2, 0.25) is 5.02 Å². The Bertz CT molecular complexity index is 1130. The van der Waals surface area contributed by atoms with Crippen molar-refractivity contribution in [2.24, 2.45) is 5.92 Å². The Balaban J connectivity index is 1.80. The van der Waals surface area contributed by atoms with Crippen LogP contribution in [0.3, 0.4) is 0 Å². The number of halogens is 2. The van der Waals surface area contributed by atoms with Gasteiger partial charge in [-0.25, -0.2) is 4.39 Å². The summed E-state index contributed by atoms with van der Waals surface area (Å²) in [5.74, 6) is -2.97. The van der Waals surface area contributed by atoms with E-state index in [4.69, 9.17) is 16.9 Å². The number of hydrogen-bond acceptors (Lipinski definition) is 5. The summed E-state index contributed by atoms with van der Waals surface area (Å²) >= 11 is 5.97. The van der Waals surface area contributed by atoms with E-state index < -0.39 is 29.7 Å². The number of aromatic amines is 1. The van der Waals surface area contributed by atoms with Crippen molar-refractivity contribution >= 4 is 23.5 Å². The third-order valence-electron chi connectivity index (χ3n) is 4.92. The fraction of sp³-hybridized carbons (Fsp3) is 0.227. The van der Waals surface area contributed by atoms with Crippen molar-refractivity contribution in [3.8, 4) is 17.2 Å². The van der Waals surface area contributed by atoms with Crippen LogP contribution >= 0.6 is 11.6 Å². The van der Waals surface area contributed by atoms with Gasteiger partial charge in [0.2, 0.25) is 0 Å². The van der Waals surface area contributed by atoms with Gasteiger partial charge in [-0.05, 0) is 42.2 Å². The molecule has 0 bridgehead atoms. The summed E-state index contributed by atoms with van der Waals surface area (Å²) in [5, 5.41) is 31.1. The van der Waals surface area contributed by atoms with E-state index >= 15 is 0 Å². The number of nitriles is 1. The monoisotopic (exact) mass is 455 g/mol. The first-order valence-electron chi connectivity index (χ1n) is 9.68. The molecule has 0 aliphatic carbocycles. The van der Waals surface area contributed by atoms with Gasteiger partial charge in [-0.15, -0.1) is 5.10 Å². The van der Waals surface area contributed by atoms with Crippen LogP contribution in [0, 0.1) is 23.1 Å². The molecule has 0 spiro atoms. The maximum absolute atomic E-state index is 14.1. The predicted octanol–water partition coefficient (Wildman–Crippen LogP) is 3.61. The number of benzene rings is 2. The molecule has 0 saturated carbocycles. The number of aromatic nitrogens is 3. The number of rotatable bonds is 9. The summed E-state index contributed by atoms with van der Waals surface area (Å²) in [6.45, 7) is 0. The molecular formula is C22H19ClFN5O3. The van der Waals surface area contributed by atoms with Crippen LogP contribution in [0.5, 0.6) is 0 Å². The Morgan fingerprint density at radius 3 is 2.62 bits per heavy atom. The molecule has 1 heterocycles. The van der Waals surface area contributed by atoms with Gasteiger partial charge in [-0.1, -0.05) is 41.1 Å². The van der Waals surface area contributed by atoms with E-state index in [1.165, 1.54) is 24.4 Å². The summed E-state index contributed by atoms with van der Waals surface area (Å²) in [6.07, 6.45) is 1.50. The SMILES string of the molecule is N#CC[C@H](C[C@@H](Cc1ccc(-c2cc(Cl)ccc2F)cc1)NC(=O)c1c[nH]nn1)C(=O)O. The maximum Gasteiger partial charge on any atom is 0.307 e. The minimum absolute atomic E-state index is 0.0527. The molecule has 8 nitrogen and oxygen atoms in total. The van der Waals surface area contributed by atoms with Crippen LogP contribution < -0.4 is 5.32 Å². The summed E-state index contributed by atoms with van der Waals surface area (Å²) in [5.41, 5.74) is 1.85. The first-order valence-corrected chi connectivity index (χ1v) is 10.1. The zero-order valence-electron chi connectivity index (χ0n) is 16.8. The predicted molar refractivity (Wildman–Crippen MR) is 114 cm³/mol. The number of carboxylic acids is 1. The highest BCUT2D eigenvalue weighted by Gasteiger charge is 2.25. The van der Waals surface area contributed by atoms with E-state index in [-0.39, 0.29) is 18.5 Å². The molecule has 164 valence electrons. The maximum atomic E-state index is 14.1. The average Bonchev–Trinajstić information content (AvgIpc) is 3.31. The van der Waals surface area contributed by atoms with Gasteiger partial charge in [0.1, 0.15) is 5.82 Å². The van der Waals surface area contributed by atoms with E-state index in [0.717, 1.165) is 5.56 Å². The van der Waals surface area contributed by atoms with E-state index in [0.29, 0.717) is 22.6 Å². The lowest BCUT2D eigenvalue weighted by molar-refractivity contribution is -0.142. The van der Waals surface area contributed by atoms with E-state index in [2.05, 4.69) is 20.7 Å². The Hall–Kier alpha value is -3.77. The molecule has 1 amide bonds. The van der Waals surface area contributed by atoms with E-state index in [1.807, 2.05) is 6.07 Å². The molecule has 0 saturated heterocycles. The van der Waals surface area contributed by atoms with Crippen LogP contribution in [0.1, 0.15) is 28.9 Å². The molecule has 32 heavy (non-hydrogen) atoms. The fourth-order valence-corrected chi connectivity index (χ4v) is 3.49. The third kappa shape index (κ3) is 5.89. The van der Waals surface area contributed by atoms with Crippen LogP contribution in [0.4, 0.5) is 4.39 Å². The molecule has 3 aromatic rings. The number of hydrogen-bond donors (Lipinski definition) is 3. The summed E-state index contributed by atoms with van der Waals surface area (Å²) < 4.78 is 14.1. The number of carboxylic acid groups (broad SMARTS) is 1. The van der Waals surface area contributed by atoms with Crippen molar-refractivity contribution in [3.05, 3.63) is 70.8 Å². The molecule has 2 atom stereocenters. The zero-order valence-corrected chi connectivity index (χ0v) is 17.5. The van der Waals surface area contributed by atoms with Gasteiger partial charge in [-0.3, -0.25) is 14.7 Å². The zero-order chi connectivity index (χ0) is 23.1. The highest BCUT2D eigenvalue weighted by atomic mass is 35.5. The highest BCUT2D eigenvalue weighted by Crippen LogP contribution is 2.27. The summed E-state index contributed by atoms with van der Waals surface area (Å²) in [4.78, 5) is 23.9. The first kappa shape index (κ1) is 22.9. The highest BCUT2D eigenvalue weighted by molar-refractivity contribution is 6.30. The largest absolute Gasteiger partial charge is 0.481 e. The Morgan fingerprint density at radius 2 is 2.00 bits per heavy atom. The van der Waals surface area contributed by atoms with Crippen LogP contribution in [-0.2, 0) is 11.2 Å². The quantitative estimate of drug-likeness (QED) is 0.451. The van der Waals surface area contributed by atoms with Gasteiger partial charge in [0.15, 0.2) is 5.69 Å². The Kier molecular flexibility index (Phi) is 7.52. The van der Waals surface area contributed by atoms with E-state index in [1.54, 1.807) is 24.3 Å². The summed E-state index contributed by atoms with van der Waals surface area (Å²) in [6, 6.07) is 12.6. The van der Waals surface area contributed by atoms with Crippen molar-refractivity contribution in [2.45, 2.75) is 25.3 Å². The number of nitrogens with zero attached hydrogens (tertiary/aromatic N) is 3. The number of amides is 1. The van der Waals surface area contributed by atoms with Crippen LogP contribution in [0.25, 0.3) is 11.1 Å². The van der Waals surface area contributed by atoms with Crippen molar-refractivity contribution < 1.29 is 19.1 Å². The number of H-pyrrole nitrogens is 1. The third-order valence-corrected chi connectivity index (χ3v) is 5.15. The lowest BCUT2D eigenvalue weighted by atomic mass is 9.92. The van der Waals surface area contributed by atoms with Gasteiger partial charge >= 0.3 is 5.97 Å².